The van der Waals surface area contributed by atoms with Gasteiger partial charge >= 0.3 is 0 Å². The molecule has 0 spiro atoms. The molecule has 3 fully saturated rings. The third-order valence-corrected chi connectivity index (χ3v) is 8.67. The van der Waals surface area contributed by atoms with Gasteiger partial charge in [-0.05, 0) is 74.2 Å². The van der Waals surface area contributed by atoms with Gasteiger partial charge in [0.1, 0.15) is 5.60 Å². The van der Waals surface area contributed by atoms with Crippen LogP contribution in [-0.4, -0.2) is 15.9 Å². The fraction of sp³-hybridized carbons (Fsp3) is 0.682. The van der Waals surface area contributed by atoms with E-state index in [1.807, 2.05) is 6.20 Å². The lowest BCUT2D eigenvalue weighted by atomic mass is 9.46. The van der Waals surface area contributed by atoms with E-state index in [-0.39, 0.29) is 10.8 Å². The van der Waals surface area contributed by atoms with Crippen molar-refractivity contribution >= 4 is 6.08 Å². The van der Waals surface area contributed by atoms with E-state index in [2.05, 4.69) is 31.0 Å². The zero-order valence-electron chi connectivity index (χ0n) is 15.2. The summed E-state index contributed by atoms with van der Waals surface area (Å²) < 4.78 is 5.43. The van der Waals surface area contributed by atoms with Gasteiger partial charge in [0.25, 0.3) is 0 Å². The van der Waals surface area contributed by atoms with Crippen molar-refractivity contribution in [3.05, 3.63) is 23.1 Å². The van der Waals surface area contributed by atoms with Crippen LogP contribution in [0.2, 0.25) is 0 Å². The molecule has 0 bridgehead atoms. The normalized spacial score (nSPS) is 47.8. The summed E-state index contributed by atoms with van der Waals surface area (Å²) in [6, 6.07) is 0. The molecule has 3 saturated carbocycles. The smallest absolute Gasteiger partial charge is 0.162 e. The fourth-order valence-corrected chi connectivity index (χ4v) is 7.14. The first-order chi connectivity index (χ1) is 11.9. The number of rotatable bonds is 0. The van der Waals surface area contributed by atoms with E-state index < -0.39 is 5.60 Å². The fourth-order valence-electron chi connectivity index (χ4n) is 7.14. The first-order valence-corrected chi connectivity index (χ1v) is 9.76. The van der Waals surface area contributed by atoms with Crippen LogP contribution in [0.5, 0.6) is 0 Å². The van der Waals surface area contributed by atoms with Crippen molar-refractivity contribution in [2.45, 2.75) is 64.4 Å². The molecule has 0 unspecified atom stereocenters. The summed E-state index contributed by atoms with van der Waals surface area (Å²) in [7, 11) is 0. The van der Waals surface area contributed by atoms with Gasteiger partial charge in [-0.3, -0.25) is 0 Å². The lowest BCUT2D eigenvalue weighted by molar-refractivity contribution is -0.0975. The van der Waals surface area contributed by atoms with E-state index in [9.17, 15) is 5.11 Å². The highest BCUT2D eigenvalue weighted by atomic mass is 16.5. The van der Waals surface area contributed by atoms with Crippen molar-refractivity contribution in [1.29, 1.82) is 0 Å². The Morgan fingerprint density at radius 1 is 1.24 bits per heavy atom. The van der Waals surface area contributed by atoms with E-state index >= 15 is 0 Å². The molecule has 1 aromatic rings. The topological polar surface area (TPSA) is 46.3 Å². The maximum Gasteiger partial charge on any atom is 0.162 e. The Balaban J connectivity index is 1.53. The highest BCUT2D eigenvalue weighted by Gasteiger charge is 2.63. The van der Waals surface area contributed by atoms with Crippen LogP contribution < -0.4 is 0 Å². The van der Waals surface area contributed by atoms with Gasteiger partial charge in [-0.2, -0.15) is 0 Å². The number of aromatic nitrogens is 1. The molecule has 4 aliphatic carbocycles. The Morgan fingerprint density at radius 2 is 2.04 bits per heavy atom. The van der Waals surface area contributed by atoms with Gasteiger partial charge in [0, 0.05) is 11.0 Å². The van der Waals surface area contributed by atoms with Gasteiger partial charge in [-0.25, -0.2) is 0 Å². The van der Waals surface area contributed by atoms with Crippen LogP contribution in [0, 0.1) is 40.9 Å². The molecule has 1 heterocycles. The number of aliphatic hydroxyl groups is 1. The van der Waals surface area contributed by atoms with Gasteiger partial charge < -0.3 is 9.63 Å². The molecule has 0 saturated heterocycles. The van der Waals surface area contributed by atoms with Gasteiger partial charge in [0.05, 0.1) is 6.20 Å². The second-order valence-corrected chi connectivity index (χ2v) is 9.39. The minimum atomic E-state index is -0.909. The number of hydrogen-bond donors (Lipinski definition) is 1. The lowest BCUT2D eigenvalue weighted by Crippen LogP contribution is -2.54. The van der Waals surface area contributed by atoms with Crippen LogP contribution in [0.4, 0.5) is 0 Å². The quantitative estimate of drug-likeness (QED) is 0.721. The molecular weight excluding hydrogens is 310 g/mol. The monoisotopic (exact) mass is 337 g/mol. The van der Waals surface area contributed by atoms with Gasteiger partial charge in [-0.1, -0.05) is 30.5 Å². The number of fused-ring (bicyclic) bond motifs is 6. The summed E-state index contributed by atoms with van der Waals surface area (Å²) in [5, 5.41) is 15.1. The van der Waals surface area contributed by atoms with E-state index in [0.717, 1.165) is 44.3 Å². The molecule has 0 amide bonds. The molecular formula is C22H27NO2. The van der Waals surface area contributed by atoms with E-state index in [1.54, 1.807) is 5.57 Å². The lowest BCUT2D eigenvalue weighted by Gasteiger charge is -2.58. The van der Waals surface area contributed by atoms with Crippen LogP contribution >= 0.6 is 0 Å². The predicted octanol–water partition coefficient (Wildman–Crippen LogP) is 4.22. The SMILES string of the molecule is C#C[C@@]1(O)CC[C@H]2[C@H]3CCC4=Cc5oncc5C[C@]4(C)[C@@H]3CC[C@@]21C. The van der Waals surface area contributed by atoms with E-state index in [4.69, 9.17) is 10.9 Å². The first-order valence-electron chi connectivity index (χ1n) is 9.76. The number of terminal acetylenes is 1. The highest BCUT2D eigenvalue weighted by Crippen LogP contribution is 2.67. The van der Waals surface area contributed by atoms with Crippen molar-refractivity contribution in [2.24, 2.45) is 28.6 Å². The van der Waals surface area contributed by atoms with E-state index in [1.165, 1.54) is 12.0 Å². The van der Waals surface area contributed by atoms with Crippen LogP contribution in [0.15, 0.2) is 16.3 Å². The average molecular weight is 337 g/mol. The van der Waals surface area contributed by atoms with Gasteiger partial charge in [0.15, 0.2) is 5.76 Å². The van der Waals surface area contributed by atoms with Crippen molar-refractivity contribution < 1.29 is 9.63 Å². The molecule has 0 radical (unpaired) electrons. The van der Waals surface area contributed by atoms with Gasteiger partial charge in [0.2, 0.25) is 0 Å². The molecule has 0 aliphatic heterocycles. The standard InChI is InChI=1S/C22H27NO2/c1-4-22(24)10-8-18-16-6-5-15-11-19-14(13-23-25-19)12-20(15,2)17(16)7-9-21(18,22)3/h1,11,13,16-18,24H,5-10,12H2,2-3H3/t16-,17+,18-,20-,21-,22+/m0/s1. The first kappa shape index (κ1) is 15.7. The van der Waals surface area contributed by atoms with Crippen LogP contribution in [0.1, 0.15) is 63.7 Å². The third kappa shape index (κ3) is 1.79. The van der Waals surface area contributed by atoms with Crippen molar-refractivity contribution in [3.63, 3.8) is 0 Å². The van der Waals surface area contributed by atoms with Crippen LogP contribution in [-0.2, 0) is 6.42 Å². The molecule has 1 N–H and O–H groups in total. The molecule has 3 nitrogen and oxygen atoms in total. The van der Waals surface area contributed by atoms with Crippen molar-refractivity contribution in [3.8, 4) is 12.3 Å². The summed E-state index contributed by atoms with van der Waals surface area (Å²) >= 11 is 0. The molecule has 4 aliphatic rings. The molecule has 1 aromatic heterocycles. The summed E-state index contributed by atoms with van der Waals surface area (Å²) in [5.74, 6) is 5.64. The van der Waals surface area contributed by atoms with Crippen molar-refractivity contribution in [2.75, 3.05) is 0 Å². The van der Waals surface area contributed by atoms with Crippen LogP contribution in [0.3, 0.4) is 0 Å². The summed E-state index contributed by atoms with van der Waals surface area (Å²) in [6.07, 6.45) is 17.4. The Labute approximate surface area is 149 Å². The Hall–Kier alpha value is -1.53. The van der Waals surface area contributed by atoms with Gasteiger partial charge in [-0.15, -0.1) is 6.42 Å². The number of nitrogens with zero attached hydrogens (tertiary/aromatic N) is 1. The minimum Gasteiger partial charge on any atom is -0.377 e. The minimum absolute atomic E-state index is 0.114. The zero-order chi connectivity index (χ0) is 17.4. The Bertz CT molecular complexity index is 801. The molecule has 6 atom stereocenters. The molecule has 132 valence electrons. The second-order valence-electron chi connectivity index (χ2n) is 9.39. The molecule has 25 heavy (non-hydrogen) atoms. The molecule has 3 heteroatoms. The zero-order valence-corrected chi connectivity index (χ0v) is 15.2. The van der Waals surface area contributed by atoms with Crippen LogP contribution in [0.25, 0.3) is 6.08 Å². The Kier molecular flexibility index (Phi) is 3.01. The third-order valence-electron chi connectivity index (χ3n) is 8.67. The predicted molar refractivity (Wildman–Crippen MR) is 96.4 cm³/mol. The highest BCUT2D eigenvalue weighted by molar-refractivity contribution is 5.57. The van der Waals surface area contributed by atoms with E-state index in [0.29, 0.717) is 17.8 Å². The molecule has 5 rings (SSSR count). The van der Waals surface area contributed by atoms with Crippen molar-refractivity contribution in [1.82, 2.24) is 5.16 Å². The molecule has 0 aromatic carbocycles. The average Bonchev–Trinajstić information content (AvgIpc) is 3.14. The number of hydrogen-bond acceptors (Lipinski definition) is 3. The largest absolute Gasteiger partial charge is 0.377 e. The summed E-state index contributed by atoms with van der Waals surface area (Å²) in [5.41, 5.74) is 1.99. The summed E-state index contributed by atoms with van der Waals surface area (Å²) in [4.78, 5) is 0. The Morgan fingerprint density at radius 3 is 2.84 bits per heavy atom. The second kappa shape index (κ2) is 4.80. The number of allylic oxidation sites excluding steroid dienone is 1. The maximum atomic E-state index is 11.1. The maximum absolute atomic E-state index is 11.1. The summed E-state index contributed by atoms with van der Waals surface area (Å²) in [6.45, 7) is 4.71.